The van der Waals surface area contributed by atoms with E-state index in [0.717, 1.165) is 18.4 Å². The topological polar surface area (TPSA) is 131 Å². The minimum absolute atomic E-state index is 0.0354. The third kappa shape index (κ3) is 4.29. The molecule has 0 saturated carbocycles. The van der Waals surface area contributed by atoms with Crippen molar-refractivity contribution in [2.75, 3.05) is 33.0 Å². The Morgan fingerprint density at radius 2 is 2.25 bits per heavy atom. The van der Waals surface area contributed by atoms with Crippen LogP contribution in [0.15, 0.2) is 29.2 Å². The van der Waals surface area contributed by atoms with Gasteiger partial charge in [0.25, 0.3) is 11.5 Å². The average Bonchev–Trinajstić information content (AvgIpc) is 3.31. The first-order valence-electron chi connectivity index (χ1n) is 10.7. The van der Waals surface area contributed by atoms with Crippen molar-refractivity contribution in [1.82, 2.24) is 19.3 Å². The number of nitrogens with one attached hydrogen (secondary N) is 2. The van der Waals surface area contributed by atoms with Crippen LogP contribution in [0, 0.1) is 12.3 Å². The van der Waals surface area contributed by atoms with Crippen LogP contribution in [0.3, 0.4) is 0 Å². The minimum atomic E-state index is -0.439. The number of nitrogens with zero attached hydrogens (tertiary/aromatic N) is 3. The zero-order valence-corrected chi connectivity index (χ0v) is 18.0. The summed E-state index contributed by atoms with van der Waals surface area (Å²) in [6.07, 6.45) is 3.44. The fourth-order valence-electron chi connectivity index (χ4n) is 3.92. The van der Waals surface area contributed by atoms with Gasteiger partial charge in [-0.15, -0.1) is 0 Å². The van der Waals surface area contributed by atoms with Gasteiger partial charge in [0.05, 0.1) is 36.9 Å². The number of ether oxygens (including phenoxy) is 2. The van der Waals surface area contributed by atoms with Gasteiger partial charge in [-0.25, -0.2) is 4.98 Å². The molecule has 32 heavy (non-hydrogen) atoms. The van der Waals surface area contributed by atoms with E-state index in [0.29, 0.717) is 24.4 Å². The van der Waals surface area contributed by atoms with Gasteiger partial charge in [-0.2, -0.15) is 0 Å². The molecule has 1 saturated heterocycles. The van der Waals surface area contributed by atoms with Crippen LogP contribution in [0.25, 0.3) is 16.7 Å². The number of aliphatic hydroxyl groups excluding tert-OH is 1. The second-order valence-corrected chi connectivity index (χ2v) is 7.78. The summed E-state index contributed by atoms with van der Waals surface area (Å²) in [6, 6.07) is 5.07. The molecule has 1 aliphatic heterocycles. The Morgan fingerprint density at radius 1 is 1.41 bits per heavy atom. The maximum absolute atomic E-state index is 13.3. The Balaban J connectivity index is 1.81. The molecule has 0 radical (unpaired) electrons. The first kappa shape index (κ1) is 22.1. The second-order valence-electron chi connectivity index (χ2n) is 7.78. The predicted octanol–water partition coefficient (Wildman–Crippen LogP) is 0.355. The number of rotatable bonds is 8. The lowest BCUT2D eigenvalue weighted by Crippen LogP contribution is -2.38. The van der Waals surface area contributed by atoms with Gasteiger partial charge in [0, 0.05) is 25.9 Å². The van der Waals surface area contributed by atoms with Gasteiger partial charge in [-0.1, -0.05) is 6.07 Å². The number of carbonyl (C=O) groups is 1. The van der Waals surface area contributed by atoms with E-state index in [4.69, 9.17) is 20.0 Å². The van der Waals surface area contributed by atoms with Crippen molar-refractivity contribution in [3.8, 4) is 0 Å². The third-order valence-corrected chi connectivity index (χ3v) is 5.59. The lowest BCUT2D eigenvalue weighted by atomic mass is 10.1. The highest BCUT2D eigenvalue weighted by Crippen LogP contribution is 2.14. The van der Waals surface area contributed by atoms with E-state index >= 15 is 0 Å². The van der Waals surface area contributed by atoms with E-state index in [9.17, 15) is 9.59 Å². The summed E-state index contributed by atoms with van der Waals surface area (Å²) in [5, 5.41) is 20.7. The number of hydrogen-bond donors (Lipinski definition) is 3. The quantitative estimate of drug-likeness (QED) is 0.342. The summed E-state index contributed by atoms with van der Waals surface area (Å²) in [5.41, 5.74) is 1.35. The van der Waals surface area contributed by atoms with Crippen LogP contribution in [0.1, 0.15) is 28.8 Å². The molecule has 0 spiro atoms. The lowest BCUT2D eigenvalue weighted by Gasteiger charge is -2.16. The summed E-state index contributed by atoms with van der Waals surface area (Å²) in [6.45, 7) is 3.34. The Hall–Kier alpha value is -3.08. The van der Waals surface area contributed by atoms with Gasteiger partial charge < -0.3 is 24.5 Å². The van der Waals surface area contributed by atoms with Crippen molar-refractivity contribution in [3.05, 3.63) is 51.4 Å². The van der Waals surface area contributed by atoms with Crippen molar-refractivity contribution in [2.24, 2.45) is 0 Å². The summed E-state index contributed by atoms with van der Waals surface area (Å²) >= 11 is 0. The van der Waals surface area contributed by atoms with Gasteiger partial charge in [0.15, 0.2) is 0 Å². The largest absolute Gasteiger partial charge is 0.394 e. The molecule has 3 aromatic rings. The summed E-state index contributed by atoms with van der Waals surface area (Å²) in [7, 11) is 0. The number of carbonyl (C=O) groups excluding carboxylic acids is 1. The fraction of sp³-hybridized carbons (Fsp3) is 0.455. The minimum Gasteiger partial charge on any atom is -0.394 e. The van der Waals surface area contributed by atoms with Gasteiger partial charge >= 0.3 is 0 Å². The van der Waals surface area contributed by atoms with E-state index < -0.39 is 5.91 Å². The van der Waals surface area contributed by atoms with E-state index in [2.05, 4.69) is 10.3 Å². The van der Waals surface area contributed by atoms with Crippen molar-refractivity contribution >= 4 is 22.6 Å². The maximum Gasteiger partial charge on any atom is 0.267 e. The Bertz CT molecular complexity index is 1260. The Labute approximate surface area is 183 Å². The van der Waals surface area contributed by atoms with Gasteiger partial charge in [-0.3, -0.25) is 19.4 Å². The number of aliphatic hydroxyl groups is 1. The summed E-state index contributed by atoms with van der Waals surface area (Å²) < 4.78 is 13.9. The molecule has 1 fully saturated rings. The standard InChI is InChI=1S/C22H27N5O5/c1-14-4-2-6-27-19(14)25-20-17(22(27)30)12-16(18(23)26(20)7-10-31-11-8-28)21(29)24-13-15-5-3-9-32-15/h2,4,6,12,15,23,28H,3,5,7-11,13H2,1H3,(H,24,29)/t15-/m0/s1. The normalized spacial score (nSPS) is 16.1. The number of hydrogen-bond acceptors (Lipinski definition) is 7. The third-order valence-electron chi connectivity index (χ3n) is 5.59. The van der Waals surface area contributed by atoms with Gasteiger partial charge in [-0.05, 0) is 37.5 Å². The first-order valence-corrected chi connectivity index (χ1v) is 10.7. The van der Waals surface area contributed by atoms with Gasteiger partial charge in [0.1, 0.15) is 16.8 Å². The van der Waals surface area contributed by atoms with Crippen LogP contribution in [-0.4, -0.2) is 64.0 Å². The number of pyridine rings is 2. The maximum atomic E-state index is 13.3. The fourth-order valence-corrected chi connectivity index (χ4v) is 3.92. The number of aryl methyl sites for hydroxylation is 1. The van der Waals surface area contributed by atoms with E-state index in [1.165, 1.54) is 15.0 Å². The molecule has 3 aromatic heterocycles. The summed E-state index contributed by atoms with van der Waals surface area (Å²) in [5.74, 6) is -0.439. The molecule has 0 aliphatic carbocycles. The van der Waals surface area contributed by atoms with Crippen LogP contribution in [0.4, 0.5) is 0 Å². The average molecular weight is 441 g/mol. The second kappa shape index (κ2) is 9.60. The van der Waals surface area contributed by atoms with E-state index in [-0.39, 0.29) is 54.5 Å². The van der Waals surface area contributed by atoms with Crippen molar-refractivity contribution in [3.63, 3.8) is 0 Å². The molecule has 10 heteroatoms. The highest BCUT2D eigenvalue weighted by Gasteiger charge is 2.20. The van der Waals surface area contributed by atoms with E-state index in [1.807, 2.05) is 13.0 Å². The SMILES string of the molecule is Cc1cccn2c(=O)c3cc(C(=O)NC[C@@H]4CCCO4)c(=N)n(CCOCCO)c3nc12. The molecule has 0 unspecified atom stereocenters. The Morgan fingerprint density at radius 3 is 3.00 bits per heavy atom. The van der Waals surface area contributed by atoms with Crippen LogP contribution >= 0.6 is 0 Å². The molecule has 10 nitrogen and oxygen atoms in total. The molecular weight excluding hydrogens is 414 g/mol. The van der Waals surface area contributed by atoms with Crippen LogP contribution in [0.5, 0.6) is 0 Å². The monoisotopic (exact) mass is 441 g/mol. The molecule has 0 aromatic carbocycles. The van der Waals surface area contributed by atoms with Crippen molar-refractivity contribution in [1.29, 1.82) is 5.41 Å². The summed E-state index contributed by atoms with van der Waals surface area (Å²) in [4.78, 5) is 30.8. The molecule has 3 N–H and O–H groups in total. The van der Waals surface area contributed by atoms with Crippen LogP contribution in [0.2, 0.25) is 0 Å². The molecule has 4 heterocycles. The highest BCUT2D eigenvalue weighted by atomic mass is 16.5. The van der Waals surface area contributed by atoms with Crippen molar-refractivity contribution < 1.29 is 19.4 Å². The number of amides is 1. The molecule has 0 bridgehead atoms. The van der Waals surface area contributed by atoms with Crippen LogP contribution < -0.4 is 16.4 Å². The van der Waals surface area contributed by atoms with E-state index in [1.54, 1.807) is 12.3 Å². The van der Waals surface area contributed by atoms with Crippen LogP contribution in [-0.2, 0) is 16.0 Å². The molecule has 1 atom stereocenters. The zero-order chi connectivity index (χ0) is 22.7. The highest BCUT2D eigenvalue weighted by molar-refractivity contribution is 5.96. The Kier molecular flexibility index (Phi) is 6.63. The van der Waals surface area contributed by atoms with Crippen molar-refractivity contribution in [2.45, 2.75) is 32.4 Å². The smallest absolute Gasteiger partial charge is 0.267 e. The zero-order valence-electron chi connectivity index (χ0n) is 18.0. The van der Waals surface area contributed by atoms with Gasteiger partial charge in [0.2, 0.25) is 0 Å². The first-order chi connectivity index (χ1) is 15.5. The molecular formula is C22H27N5O5. The lowest BCUT2D eigenvalue weighted by molar-refractivity contribution is 0.0846. The number of aromatic nitrogens is 3. The molecule has 1 aliphatic rings. The molecule has 1 amide bonds. The molecule has 170 valence electrons. The molecule has 4 rings (SSSR count). The number of fused-ring (bicyclic) bond motifs is 2. The predicted molar refractivity (Wildman–Crippen MR) is 117 cm³/mol.